The third kappa shape index (κ3) is 6.70. The highest BCUT2D eigenvalue weighted by Gasteiger charge is 2.09. The molecule has 3 amide bonds. The van der Waals surface area contributed by atoms with Crippen LogP contribution in [0.5, 0.6) is 0 Å². The van der Waals surface area contributed by atoms with Crippen LogP contribution in [0.4, 0.5) is 17.1 Å². The van der Waals surface area contributed by atoms with E-state index in [1.807, 2.05) is 19.1 Å². The number of hydrogen-bond acceptors (Lipinski definition) is 4. The molecule has 4 N–H and O–H groups in total. The van der Waals surface area contributed by atoms with E-state index in [1.54, 1.807) is 66.7 Å². The lowest BCUT2D eigenvalue weighted by molar-refractivity contribution is -0.114. The number of rotatable bonds is 9. The first-order chi connectivity index (χ1) is 15.5. The van der Waals surface area contributed by atoms with Crippen molar-refractivity contribution in [3.8, 4) is 0 Å². The van der Waals surface area contributed by atoms with Gasteiger partial charge in [0, 0.05) is 34.7 Å². The van der Waals surface area contributed by atoms with Gasteiger partial charge in [0.25, 0.3) is 11.8 Å². The number of nitrogens with one attached hydrogen (secondary N) is 4. The van der Waals surface area contributed by atoms with Crippen LogP contribution in [0.3, 0.4) is 0 Å². The van der Waals surface area contributed by atoms with Crippen LogP contribution in [-0.4, -0.2) is 30.8 Å². The van der Waals surface area contributed by atoms with Gasteiger partial charge in [0.2, 0.25) is 5.91 Å². The number of hydrogen-bond donors (Lipinski definition) is 4. The van der Waals surface area contributed by atoms with E-state index in [1.165, 1.54) is 0 Å². The molecule has 0 radical (unpaired) electrons. The molecule has 3 rings (SSSR count). The molecule has 7 nitrogen and oxygen atoms in total. The average Bonchev–Trinajstić information content (AvgIpc) is 2.82. The Morgan fingerprint density at radius 1 is 0.688 bits per heavy atom. The summed E-state index contributed by atoms with van der Waals surface area (Å²) < 4.78 is 0. The van der Waals surface area contributed by atoms with Crippen molar-refractivity contribution in [1.82, 2.24) is 5.32 Å². The minimum atomic E-state index is -0.255. The lowest BCUT2D eigenvalue weighted by atomic mass is 10.2. The molecule has 0 saturated heterocycles. The normalized spacial score (nSPS) is 10.2. The molecular formula is C25H26N4O3. The van der Waals surface area contributed by atoms with E-state index in [2.05, 4.69) is 21.3 Å². The van der Waals surface area contributed by atoms with Crippen molar-refractivity contribution in [3.63, 3.8) is 0 Å². The van der Waals surface area contributed by atoms with Crippen LogP contribution >= 0.6 is 0 Å². The zero-order chi connectivity index (χ0) is 22.8. The van der Waals surface area contributed by atoms with Crippen molar-refractivity contribution in [2.45, 2.75) is 13.3 Å². The van der Waals surface area contributed by atoms with E-state index >= 15 is 0 Å². The van der Waals surface area contributed by atoms with Crippen molar-refractivity contribution in [2.75, 3.05) is 29.0 Å². The first kappa shape index (κ1) is 22.6. The summed E-state index contributed by atoms with van der Waals surface area (Å²) in [6.07, 6.45) is 0.852. The van der Waals surface area contributed by atoms with Crippen molar-refractivity contribution >= 4 is 34.8 Å². The van der Waals surface area contributed by atoms with Crippen LogP contribution in [0.1, 0.15) is 34.1 Å². The number of anilines is 3. The van der Waals surface area contributed by atoms with Crippen LogP contribution in [0.15, 0.2) is 78.9 Å². The van der Waals surface area contributed by atoms with E-state index in [4.69, 9.17) is 0 Å². The molecule has 0 fully saturated rings. The molecule has 0 unspecified atom stereocenters. The SMILES string of the molecule is CCCNC(=O)c1cccc(NC(=O)CNc2cccc(NC(=O)c3ccccc3)c2)c1. The summed E-state index contributed by atoms with van der Waals surface area (Å²) in [6, 6.07) is 22.9. The van der Waals surface area contributed by atoms with Crippen LogP contribution in [-0.2, 0) is 4.79 Å². The van der Waals surface area contributed by atoms with Crippen LogP contribution in [0, 0.1) is 0 Å². The Morgan fingerprint density at radius 3 is 2.09 bits per heavy atom. The van der Waals surface area contributed by atoms with Crippen LogP contribution < -0.4 is 21.3 Å². The maximum atomic E-state index is 12.3. The summed E-state index contributed by atoms with van der Waals surface area (Å²) in [5, 5.41) is 11.5. The number of carbonyl (C=O) groups excluding carboxylic acids is 3. The van der Waals surface area contributed by atoms with Crippen LogP contribution in [0.25, 0.3) is 0 Å². The maximum absolute atomic E-state index is 12.3. The minimum Gasteiger partial charge on any atom is -0.376 e. The molecule has 0 spiro atoms. The van der Waals surface area contributed by atoms with E-state index in [-0.39, 0.29) is 24.3 Å². The van der Waals surface area contributed by atoms with E-state index < -0.39 is 0 Å². The van der Waals surface area contributed by atoms with Gasteiger partial charge in [-0.2, -0.15) is 0 Å². The second-order valence-electron chi connectivity index (χ2n) is 7.14. The van der Waals surface area contributed by atoms with Gasteiger partial charge in [0.15, 0.2) is 0 Å². The predicted molar refractivity (Wildman–Crippen MR) is 127 cm³/mol. The third-order valence-electron chi connectivity index (χ3n) is 4.55. The smallest absolute Gasteiger partial charge is 0.255 e. The average molecular weight is 431 g/mol. The molecule has 0 aromatic heterocycles. The fourth-order valence-electron chi connectivity index (χ4n) is 2.97. The second kappa shape index (κ2) is 11.3. The van der Waals surface area contributed by atoms with Gasteiger partial charge >= 0.3 is 0 Å². The summed E-state index contributed by atoms with van der Waals surface area (Å²) in [5.74, 6) is -0.631. The van der Waals surface area contributed by atoms with E-state index in [0.29, 0.717) is 34.7 Å². The van der Waals surface area contributed by atoms with Crippen molar-refractivity contribution in [1.29, 1.82) is 0 Å². The summed E-state index contributed by atoms with van der Waals surface area (Å²) in [7, 11) is 0. The maximum Gasteiger partial charge on any atom is 0.255 e. The summed E-state index contributed by atoms with van der Waals surface area (Å²) in [5.41, 5.74) is 2.92. The molecule has 0 aliphatic heterocycles. The molecule has 3 aromatic carbocycles. The van der Waals surface area contributed by atoms with Gasteiger partial charge in [-0.25, -0.2) is 0 Å². The molecular weight excluding hydrogens is 404 g/mol. The topological polar surface area (TPSA) is 99.3 Å². The Hall–Kier alpha value is -4.13. The predicted octanol–water partition coefficient (Wildman–Crippen LogP) is 4.13. The van der Waals surface area contributed by atoms with Gasteiger partial charge in [0.1, 0.15) is 0 Å². The first-order valence-electron chi connectivity index (χ1n) is 10.4. The van der Waals surface area contributed by atoms with E-state index in [9.17, 15) is 14.4 Å². The van der Waals surface area contributed by atoms with Gasteiger partial charge in [-0.1, -0.05) is 37.3 Å². The molecule has 32 heavy (non-hydrogen) atoms. The largest absolute Gasteiger partial charge is 0.376 e. The highest BCUT2D eigenvalue weighted by Crippen LogP contribution is 2.16. The van der Waals surface area contributed by atoms with Gasteiger partial charge in [0.05, 0.1) is 6.54 Å². The van der Waals surface area contributed by atoms with Gasteiger partial charge in [-0.05, 0) is 55.0 Å². The van der Waals surface area contributed by atoms with E-state index in [0.717, 1.165) is 6.42 Å². The summed E-state index contributed by atoms with van der Waals surface area (Å²) in [4.78, 5) is 36.7. The molecule has 0 bridgehead atoms. The van der Waals surface area contributed by atoms with Crippen molar-refractivity contribution < 1.29 is 14.4 Å². The Bertz CT molecular complexity index is 1080. The number of amides is 3. The summed E-state index contributed by atoms with van der Waals surface area (Å²) >= 11 is 0. The summed E-state index contributed by atoms with van der Waals surface area (Å²) in [6.45, 7) is 2.61. The van der Waals surface area contributed by atoms with Crippen molar-refractivity contribution in [2.24, 2.45) is 0 Å². The van der Waals surface area contributed by atoms with Crippen molar-refractivity contribution in [3.05, 3.63) is 90.0 Å². The molecule has 0 atom stereocenters. The highest BCUT2D eigenvalue weighted by atomic mass is 16.2. The van der Waals surface area contributed by atoms with Crippen LogP contribution in [0.2, 0.25) is 0 Å². The van der Waals surface area contributed by atoms with Gasteiger partial charge < -0.3 is 21.3 Å². The third-order valence-corrected chi connectivity index (χ3v) is 4.55. The standard InChI is InChI=1S/C25H26N4O3/c1-2-14-26-24(31)19-10-6-12-21(15-19)28-23(30)17-27-20-11-7-13-22(16-20)29-25(32)18-8-4-3-5-9-18/h3-13,15-16,27H,2,14,17H2,1H3,(H,26,31)(H,28,30)(H,29,32). The Morgan fingerprint density at radius 2 is 1.34 bits per heavy atom. The lowest BCUT2D eigenvalue weighted by Gasteiger charge is -2.11. The Balaban J connectivity index is 1.53. The first-order valence-corrected chi connectivity index (χ1v) is 10.4. The fourth-order valence-corrected chi connectivity index (χ4v) is 2.97. The lowest BCUT2D eigenvalue weighted by Crippen LogP contribution is -2.25. The molecule has 7 heteroatoms. The minimum absolute atomic E-state index is 0.0301. The van der Waals surface area contributed by atoms with Gasteiger partial charge in [-0.15, -0.1) is 0 Å². The zero-order valence-electron chi connectivity index (χ0n) is 17.9. The zero-order valence-corrected chi connectivity index (χ0v) is 17.9. The number of carbonyl (C=O) groups is 3. The number of benzene rings is 3. The molecule has 0 aliphatic carbocycles. The Labute approximate surface area is 187 Å². The molecule has 0 saturated carbocycles. The molecule has 3 aromatic rings. The monoisotopic (exact) mass is 430 g/mol. The van der Waals surface area contributed by atoms with Gasteiger partial charge in [-0.3, -0.25) is 14.4 Å². The molecule has 164 valence electrons. The quantitative estimate of drug-likeness (QED) is 0.410. The fraction of sp³-hybridized carbons (Fsp3) is 0.160. The second-order valence-corrected chi connectivity index (χ2v) is 7.14. The Kier molecular flexibility index (Phi) is 7.97. The molecule has 0 aliphatic rings. The highest BCUT2D eigenvalue weighted by molar-refractivity contribution is 6.04. The molecule has 0 heterocycles.